The predicted molar refractivity (Wildman–Crippen MR) is 194 cm³/mol. The zero-order valence-electron chi connectivity index (χ0n) is 30.4. The van der Waals surface area contributed by atoms with E-state index >= 15 is 30.7 Å². The molecule has 0 bridgehead atoms. The van der Waals surface area contributed by atoms with Gasteiger partial charge in [0.15, 0.2) is 0 Å². The number of nitrogen functional groups attached to an aromatic ring is 1. The van der Waals surface area contributed by atoms with Gasteiger partial charge in [0.25, 0.3) is 0 Å². The lowest BCUT2D eigenvalue weighted by Gasteiger charge is -2.34. The average molecular weight is 826 g/mol. The van der Waals surface area contributed by atoms with Crippen LogP contribution in [-0.2, 0) is 17.1 Å². The number of nitrogens with two attached hydrogens (primary N) is 1. The topological polar surface area (TPSA) is 112 Å². The van der Waals surface area contributed by atoms with E-state index in [1.54, 1.807) is 13.0 Å². The summed E-state index contributed by atoms with van der Waals surface area (Å²) in [5, 5.41) is 8.47. The number of nitrogens with zero attached hydrogens (tertiary/aromatic N) is 6. The molecule has 0 unspecified atom stereocenters. The lowest BCUT2D eigenvalue weighted by Crippen LogP contribution is -2.44. The number of thiophene rings is 1. The number of aromatic nitrogens is 2. The van der Waals surface area contributed by atoms with Crippen LogP contribution in [-0.4, -0.2) is 88.9 Å². The van der Waals surface area contributed by atoms with Gasteiger partial charge in [0.1, 0.15) is 41.7 Å². The second-order valence-electron chi connectivity index (χ2n) is 15.3. The molecular weight excluding hydrogens is 790 g/mol. The van der Waals surface area contributed by atoms with Crippen LogP contribution >= 0.6 is 11.3 Å². The van der Waals surface area contributed by atoms with Crippen molar-refractivity contribution in [1.82, 2.24) is 19.8 Å². The van der Waals surface area contributed by atoms with Gasteiger partial charge < -0.3 is 20.3 Å². The standard InChI is InChI=1S/C38H36F9N7O2S/c1-2-54(21-6-9-52(16-21)34(55)18-10-19(39)11-18)33-23-12-25(37(42,43)44)28(22-4-5-26(41)31-27(22)24(14-48)32(49)57-31)29(38(45,46)47)30(23)50-35(51-33)56-17-36-7-3-8-53(36)15-20(40)13-36/h4-5,12,18-21H,2-3,6-11,13,15-17,49H2,1H3/t18?,19?,20-,21+,36+/m1/s1. The van der Waals surface area contributed by atoms with E-state index < -0.39 is 103 Å². The number of hydrogen-bond donors (Lipinski definition) is 1. The van der Waals surface area contributed by atoms with Gasteiger partial charge in [0.05, 0.1) is 32.4 Å². The van der Waals surface area contributed by atoms with Crippen LogP contribution < -0.4 is 15.4 Å². The summed E-state index contributed by atoms with van der Waals surface area (Å²) < 4.78 is 142. The van der Waals surface area contributed by atoms with Gasteiger partial charge in [0.2, 0.25) is 5.91 Å². The Balaban J connectivity index is 1.36. The molecule has 3 atom stereocenters. The molecule has 57 heavy (non-hydrogen) atoms. The number of halogens is 9. The second kappa shape index (κ2) is 14.1. The summed E-state index contributed by atoms with van der Waals surface area (Å²) in [4.78, 5) is 26.7. The molecule has 3 saturated heterocycles. The van der Waals surface area contributed by atoms with Crippen LogP contribution in [0.25, 0.3) is 32.1 Å². The van der Waals surface area contributed by atoms with Crippen molar-refractivity contribution >= 4 is 49.1 Å². The first-order chi connectivity index (χ1) is 26.9. The first-order valence-electron chi connectivity index (χ1n) is 18.6. The fraction of sp³-hybridized carbons (Fsp3) is 0.526. The number of amides is 1. The van der Waals surface area contributed by atoms with E-state index in [1.807, 2.05) is 4.90 Å². The zero-order chi connectivity index (χ0) is 40.8. The number of carbonyl (C=O) groups is 1. The van der Waals surface area contributed by atoms with Crippen LogP contribution in [0.5, 0.6) is 6.01 Å². The van der Waals surface area contributed by atoms with E-state index in [1.165, 1.54) is 9.80 Å². The summed E-state index contributed by atoms with van der Waals surface area (Å²) >= 11 is 0.518. The largest absolute Gasteiger partial charge is 0.461 e. The molecule has 0 spiro atoms. The number of alkyl halides is 8. The van der Waals surface area contributed by atoms with Crippen molar-refractivity contribution in [3.05, 3.63) is 40.7 Å². The molecule has 1 saturated carbocycles. The summed E-state index contributed by atoms with van der Waals surface area (Å²) in [5.74, 6) is -2.10. The molecule has 5 heterocycles. The van der Waals surface area contributed by atoms with Crippen molar-refractivity contribution in [1.29, 1.82) is 5.26 Å². The molecule has 2 aromatic carbocycles. The Morgan fingerprint density at radius 2 is 1.86 bits per heavy atom. The number of carbonyl (C=O) groups excluding carboxylic acids is 1. The van der Waals surface area contributed by atoms with Gasteiger partial charge in [-0.1, -0.05) is 6.07 Å². The Kier molecular flexibility index (Phi) is 9.69. The lowest BCUT2D eigenvalue weighted by molar-refractivity contribution is -0.141. The Bertz CT molecular complexity index is 2310. The molecule has 0 radical (unpaired) electrons. The molecule has 2 N–H and O–H groups in total. The SMILES string of the molecule is CCN(c1nc(OC[C@@]23CCCN2C[C@H](F)C3)nc2c(C(F)(F)F)c(-c3ccc(F)c4sc(N)c(C#N)c34)c(C(F)(F)F)cc12)[C@H]1CCN(C(=O)C2CC(F)C2)C1. The van der Waals surface area contributed by atoms with Crippen molar-refractivity contribution in [3.8, 4) is 23.2 Å². The van der Waals surface area contributed by atoms with E-state index in [0.29, 0.717) is 30.4 Å². The Morgan fingerprint density at radius 3 is 2.53 bits per heavy atom. The number of fused-ring (bicyclic) bond motifs is 3. The number of likely N-dealkylation sites (N-methyl/N-ethyl adjacent to an activating group) is 1. The summed E-state index contributed by atoms with van der Waals surface area (Å²) in [6.45, 7) is 2.45. The maximum Gasteiger partial charge on any atom is 0.419 e. The summed E-state index contributed by atoms with van der Waals surface area (Å²) in [6.07, 6.45) is -11.4. The summed E-state index contributed by atoms with van der Waals surface area (Å²) in [5.41, 5.74) is -1.98. The predicted octanol–water partition coefficient (Wildman–Crippen LogP) is 8.27. The maximum atomic E-state index is 15.7. The Morgan fingerprint density at radius 1 is 1.11 bits per heavy atom. The van der Waals surface area contributed by atoms with Gasteiger partial charge >= 0.3 is 18.4 Å². The van der Waals surface area contributed by atoms with Crippen LogP contribution in [0.4, 0.5) is 50.3 Å². The highest BCUT2D eigenvalue weighted by atomic mass is 32.1. The molecule has 1 amide bonds. The maximum absolute atomic E-state index is 15.7. The van der Waals surface area contributed by atoms with Crippen LogP contribution in [0.15, 0.2) is 18.2 Å². The first kappa shape index (κ1) is 39.3. The molecule has 3 aliphatic heterocycles. The smallest absolute Gasteiger partial charge is 0.419 e. The zero-order valence-corrected chi connectivity index (χ0v) is 31.2. The van der Waals surface area contributed by atoms with Gasteiger partial charge in [0, 0.05) is 60.9 Å². The quantitative estimate of drug-likeness (QED) is 0.177. The van der Waals surface area contributed by atoms with Gasteiger partial charge in [-0.3, -0.25) is 9.69 Å². The highest BCUT2D eigenvalue weighted by Crippen LogP contribution is 2.52. The molecule has 4 fully saturated rings. The third kappa shape index (κ3) is 6.65. The summed E-state index contributed by atoms with van der Waals surface area (Å²) in [7, 11) is 0. The minimum atomic E-state index is -5.54. The van der Waals surface area contributed by atoms with E-state index in [2.05, 4.69) is 9.97 Å². The second-order valence-corrected chi connectivity index (χ2v) is 16.3. The fourth-order valence-electron chi connectivity index (χ4n) is 9.24. The highest BCUT2D eigenvalue weighted by molar-refractivity contribution is 7.23. The lowest BCUT2D eigenvalue weighted by atomic mass is 9.82. The van der Waals surface area contributed by atoms with Gasteiger partial charge in [-0.15, -0.1) is 11.3 Å². The van der Waals surface area contributed by atoms with Crippen molar-refractivity contribution in [2.75, 3.05) is 50.0 Å². The van der Waals surface area contributed by atoms with E-state index in [-0.39, 0.29) is 75.2 Å². The molecule has 2 aromatic heterocycles. The minimum Gasteiger partial charge on any atom is -0.461 e. The number of anilines is 2. The third-order valence-electron chi connectivity index (χ3n) is 11.9. The van der Waals surface area contributed by atoms with Crippen LogP contribution in [0, 0.1) is 23.1 Å². The number of benzene rings is 2. The van der Waals surface area contributed by atoms with Gasteiger partial charge in [-0.2, -0.15) is 41.6 Å². The number of hydrogen-bond acceptors (Lipinski definition) is 9. The van der Waals surface area contributed by atoms with Crippen molar-refractivity contribution in [3.63, 3.8) is 0 Å². The molecule has 1 aliphatic carbocycles. The molecule has 304 valence electrons. The Labute approximate surface area is 324 Å². The molecule has 19 heteroatoms. The number of likely N-dealkylation sites (tertiary alicyclic amines) is 1. The third-order valence-corrected chi connectivity index (χ3v) is 13.0. The summed E-state index contributed by atoms with van der Waals surface area (Å²) in [6, 6.07) is 2.48. The van der Waals surface area contributed by atoms with Gasteiger partial charge in [-0.25, -0.2) is 13.2 Å². The fourth-order valence-corrected chi connectivity index (χ4v) is 10.2. The molecule has 4 aliphatic rings. The van der Waals surface area contributed by atoms with Crippen molar-refractivity contribution in [2.45, 2.75) is 81.7 Å². The number of ether oxygens (including phenoxy) is 1. The monoisotopic (exact) mass is 825 g/mol. The molecule has 8 rings (SSSR count). The van der Waals surface area contributed by atoms with E-state index in [0.717, 1.165) is 18.6 Å². The van der Waals surface area contributed by atoms with Crippen molar-refractivity contribution in [2.24, 2.45) is 5.92 Å². The first-order valence-corrected chi connectivity index (χ1v) is 19.4. The Hall–Kier alpha value is -4.57. The van der Waals surface area contributed by atoms with E-state index in [9.17, 15) is 18.8 Å². The molecule has 9 nitrogen and oxygen atoms in total. The molecule has 4 aromatic rings. The normalized spacial score (nSPS) is 25.2. The van der Waals surface area contributed by atoms with Crippen LogP contribution in [0.1, 0.15) is 62.1 Å². The average Bonchev–Trinajstić information content (AvgIpc) is 3.91. The van der Waals surface area contributed by atoms with Gasteiger partial charge in [-0.05, 0) is 63.3 Å². The van der Waals surface area contributed by atoms with Crippen molar-refractivity contribution < 1.29 is 49.0 Å². The number of rotatable bonds is 8. The van der Waals surface area contributed by atoms with E-state index in [4.69, 9.17) is 10.5 Å². The minimum absolute atomic E-state index is 0.0260. The highest BCUT2D eigenvalue weighted by Gasteiger charge is 2.50. The van der Waals surface area contributed by atoms with Crippen LogP contribution in [0.2, 0.25) is 0 Å². The molecular formula is C38H36F9N7O2S. The van der Waals surface area contributed by atoms with Crippen LogP contribution in [0.3, 0.4) is 0 Å². The number of nitriles is 1.